The van der Waals surface area contributed by atoms with Crippen molar-refractivity contribution in [2.45, 2.75) is 26.2 Å². The normalized spacial score (nSPS) is 18.0. The van der Waals surface area contributed by atoms with Gasteiger partial charge in [0.05, 0.1) is 5.39 Å². The summed E-state index contributed by atoms with van der Waals surface area (Å²) in [5.41, 5.74) is 7.59. The predicted octanol–water partition coefficient (Wildman–Crippen LogP) is 1.43. The Kier molecular flexibility index (Phi) is 3.18. The van der Waals surface area contributed by atoms with Gasteiger partial charge in [0.2, 0.25) is 11.9 Å². The second-order valence-corrected chi connectivity index (χ2v) is 7.02. The third-order valence-electron chi connectivity index (χ3n) is 4.59. The highest BCUT2D eigenvalue weighted by Gasteiger charge is 2.24. The first-order valence-electron chi connectivity index (χ1n) is 7.71. The van der Waals surface area contributed by atoms with Crippen LogP contribution in [0, 0.1) is 0 Å². The van der Waals surface area contributed by atoms with E-state index in [9.17, 15) is 4.79 Å². The highest BCUT2D eigenvalue weighted by Crippen LogP contribution is 2.39. The largest absolute Gasteiger partial charge is 0.383 e. The number of aryl methyl sites for hydroxylation is 2. The zero-order valence-electron chi connectivity index (χ0n) is 12.6. The van der Waals surface area contributed by atoms with Crippen LogP contribution in [0.25, 0.3) is 10.2 Å². The molecule has 2 aliphatic rings. The number of thiophene rings is 1. The van der Waals surface area contributed by atoms with E-state index in [1.165, 1.54) is 16.9 Å². The molecule has 116 valence electrons. The Morgan fingerprint density at radius 1 is 1.18 bits per heavy atom. The molecule has 4 rings (SSSR count). The van der Waals surface area contributed by atoms with Crippen LogP contribution in [0.2, 0.25) is 0 Å². The van der Waals surface area contributed by atoms with Crippen molar-refractivity contribution in [1.82, 2.24) is 14.9 Å². The Morgan fingerprint density at radius 2 is 1.95 bits per heavy atom. The number of anilines is 2. The molecule has 6 nitrogen and oxygen atoms in total. The van der Waals surface area contributed by atoms with Crippen LogP contribution in [-0.2, 0) is 17.6 Å². The number of piperazine rings is 1. The number of amides is 1. The van der Waals surface area contributed by atoms with E-state index in [0.717, 1.165) is 49.2 Å². The Morgan fingerprint density at radius 3 is 2.68 bits per heavy atom. The van der Waals surface area contributed by atoms with Gasteiger partial charge in [-0.1, -0.05) is 0 Å². The van der Waals surface area contributed by atoms with Gasteiger partial charge >= 0.3 is 0 Å². The molecule has 0 spiro atoms. The number of hydrogen-bond donors (Lipinski definition) is 1. The number of rotatable bonds is 1. The molecule has 22 heavy (non-hydrogen) atoms. The Hall–Kier alpha value is -1.89. The van der Waals surface area contributed by atoms with Crippen LogP contribution in [-0.4, -0.2) is 47.0 Å². The number of nitrogens with zero attached hydrogens (tertiary/aromatic N) is 4. The fraction of sp³-hybridized carbons (Fsp3) is 0.533. The summed E-state index contributed by atoms with van der Waals surface area (Å²) in [6.07, 6.45) is 3.45. The molecule has 3 heterocycles. The van der Waals surface area contributed by atoms with E-state index in [2.05, 4.69) is 9.88 Å². The van der Waals surface area contributed by atoms with Gasteiger partial charge in [-0.25, -0.2) is 4.98 Å². The minimum absolute atomic E-state index is 0.130. The van der Waals surface area contributed by atoms with E-state index in [0.29, 0.717) is 11.8 Å². The summed E-state index contributed by atoms with van der Waals surface area (Å²) in [6, 6.07) is 0. The van der Waals surface area contributed by atoms with Crippen molar-refractivity contribution in [2.24, 2.45) is 0 Å². The van der Waals surface area contributed by atoms with Gasteiger partial charge in [0.15, 0.2) is 0 Å². The van der Waals surface area contributed by atoms with Gasteiger partial charge in [0.1, 0.15) is 10.6 Å². The first-order chi connectivity index (χ1) is 10.6. The van der Waals surface area contributed by atoms with Crippen LogP contribution in [0.4, 0.5) is 11.8 Å². The van der Waals surface area contributed by atoms with E-state index < -0.39 is 0 Å². The quantitative estimate of drug-likeness (QED) is 0.861. The van der Waals surface area contributed by atoms with Gasteiger partial charge in [-0.05, 0) is 24.8 Å². The smallest absolute Gasteiger partial charge is 0.228 e. The number of carbonyl (C=O) groups excluding carboxylic acids is 1. The van der Waals surface area contributed by atoms with E-state index in [-0.39, 0.29) is 5.91 Å². The molecule has 1 aliphatic carbocycles. The first kappa shape index (κ1) is 13.8. The van der Waals surface area contributed by atoms with E-state index in [1.54, 1.807) is 18.3 Å². The average Bonchev–Trinajstić information content (AvgIpc) is 3.07. The van der Waals surface area contributed by atoms with E-state index >= 15 is 0 Å². The van der Waals surface area contributed by atoms with Crippen molar-refractivity contribution in [3.8, 4) is 0 Å². The summed E-state index contributed by atoms with van der Waals surface area (Å²) >= 11 is 1.76. The maximum atomic E-state index is 11.4. The topological polar surface area (TPSA) is 75.4 Å². The number of nitrogen functional groups attached to an aromatic ring is 1. The second-order valence-electron chi connectivity index (χ2n) is 5.94. The monoisotopic (exact) mass is 317 g/mol. The number of nitrogens with two attached hydrogens (primary N) is 1. The minimum Gasteiger partial charge on any atom is -0.383 e. The zero-order valence-corrected chi connectivity index (χ0v) is 13.4. The predicted molar refractivity (Wildman–Crippen MR) is 88.3 cm³/mol. The Balaban J connectivity index is 1.65. The Bertz CT molecular complexity index is 748. The lowest BCUT2D eigenvalue weighted by atomic mass is 10.2. The lowest BCUT2D eigenvalue weighted by Crippen LogP contribution is -2.48. The van der Waals surface area contributed by atoms with Crippen molar-refractivity contribution in [3.63, 3.8) is 0 Å². The lowest BCUT2D eigenvalue weighted by Gasteiger charge is -2.34. The van der Waals surface area contributed by atoms with Gasteiger partial charge in [0, 0.05) is 38.0 Å². The summed E-state index contributed by atoms with van der Waals surface area (Å²) in [5, 5.41) is 1.07. The minimum atomic E-state index is 0.130. The molecule has 0 bridgehead atoms. The number of aromatic nitrogens is 2. The molecule has 1 saturated heterocycles. The molecule has 0 radical (unpaired) electrons. The third-order valence-corrected chi connectivity index (χ3v) is 5.77. The molecule has 0 unspecified atom stereocenters. The van der Waals surface area contributed by atoms with Crippen molar-refractivity contribution < 1.29 is 4.79 Å². The SMILES string of the molecule is CC(=O)N1CCN(c2nc(N)c3c4c(sc3n2)CCC4)CC1. The van der Waals surface area contributed by atoms with Gasteiger partial charge in [-0.2, -0.15) is 4.98 Å². The first-order valence-corrected chi connectivity index (χ1v) is 8.53. The van der Waals surface area contributed by atoms with Crippen molar-refractivity contribution in [1.29, 1.82) is 0 Å². The summed E-state index contributed by atoms with van der Waals surface area (Å²) in [4.78, 5) is 27.1. The molecule has 1 aliphatic heterocycles. The summed E-state index contributed by atoms with van der Waals surface area (Å²) in [5.74, 6) is 1.44. The molecule has 2 aromatic rings. The lowest BCUT2D eigenvalue weighted by molar-refractivity contribution is -0.129. The van der Waals surface area contributed by atoms with E-state index in [1.807, 2.05) is 4.90 Å². The maximum Gasteiger partial charge on any atom is 0.228 e. The van der Waals surface area contributed by atoms with Crippen LogP contribution >= 0.6 is 11.3 Å². The number of hydrogen-bond acceptors (Lipinski definition) is 6. The fourth-order valence-corrected chi connectivity index (χ4v) is 4.64. The van der Waals surface area contributed by atoms with Gasteiger partial charge in [-0.3, -0.25) is 4.79 Å². The van der Waals surface area contributed by atoms with Gasteiger partial charge in [-0.15, -0.1) is 11.3 Å². The van der Waals surface area contributed by atoms with Crippen LogP contribution in [0.5, 0.6) is 0 Å². The summed E-state index contributed by atoms with van der Waals surface area (Å²) in [7, 11) is 0. The van der Waals surface area contributed by atoms with Crippen molar-refractivity contribution in [3.05, 3.63) is 10.4 Å². The van der Waals surface area contributed by atoms with E-state index in [4.69, 9.17) is 10.7 Å². The van der Waals surface area contributed by atoms with Gasteiger partial charge in [0.25, 0.3) is 0 Å². The molecule has 0 aromatic carbocycles. The Labute approximate surface area is 132 Å². The van der Waals surface area contributed by atoms with Crippen molar-refractivity contribution >= 4 is 39.2 Å². The third kappa shape index (κ3) is 2.11. The fourth-order valence-electron chi connectivity index (χ4n) is 3.37. The zero-order chi connectivity index (χ0) is 15.3. The maximum absolute atomic E-state index is 11.4. The molecular formula is C15H19N5OS. The highest BCUT2D eigenvalue weighted by atomic mass is 32.1. The van der Waals surface area contributed by atoms with Crippen molar-refractivity contribution in [2.75, 3.05) is 36.8 Å². The van der Waals surface area contributed by atoms with Crippen LogP contribution in [0.3, 0.4) is 0 Å². The van der Waals surface area contributed by atoms with Gasteiger partial charge < -0.3 is 15.5 Å². The highest BCUT2D eigenvalue weighted by molar-refractivity contribution is 7.19. The average molecular weight is 317 g/mol. The molecule has 0 saturated carbocycles. The van der Waals surface area contributed by atoms with Crippen LogP contribution in [0.1, 0.15) is 23.8 Å². The summed E-state index contributed by atoms with van der Waals surface area (Å²) in [6.45, 7) is 4.57. The molecule has 2 aromatic heterocycles. The molecule has 1 fully saturated rings. The van der Waals surface area contributed by atoms with Crippen LogP contribution < -0.4 is 10.6 Å². The molecular weight excluding hydrogens is 298 g/mol. The molecule has 0 atom stereocenters. The standard InChI is InChI=1S/C15H19N5OS/c1-9(21)19-5-7-20(8-6-19)15-17-13(16)12-10-3-2-4-11(10)22-14(12)18-15/h2-8H2,1H3,(H2,16,17,18). The second kappa shape index (κ2) is 5.08. The number of carbonyl (C=O) groups is 1. The molecule has 2 N–H and O–H groups in total. The van der Waals surface area contributed by atoms with Crippen LogP contribution in [0.15, 0.2) is 0 Å². The molecule has 1 amide bonds. The molecule has 7 heteroatoms. The number of fused-ring (bicyclic) bond motifs is 3. The summed E-state index contributed by atoms with van der Waals surface area (Å²) < 4.78 is 0.